The molecule has 4 aromatic heterocycles. The molecule has 0 saturated carbocycles. The van der Waals surface area contributed by atoms with Gasteiger partial charge in [-0.25, -0.2) is 0 Å². The van der Waals surface area contributed by atoms with Gasteiger partial charge in [0.05, 0.1) is 11.6 Å². The van der Waals surface area contributed by atoms with Gasteiger partial charge < -0.3 is 20.0 Å². The summed E-state index contributed by atoms with van der Waals surface area (Å²) in [5.74, 6) is 0.403. The number of amides is 2. The molecule has 166 valence electrons. The second-order valence-electron chi connectivity index (χ2n) is 6.96. The monoisotopic (exact) mass is 512 g/mol. The van der Waals surface area contributed by atoms with Crippen molar-refractivity contribution in [3.8, 4) is 11.6 Å². The first-order chi connectivity index (χ1) is 16.7. The Bertz CT molecular complexity index is 1340. The van der Waals surface area contributed by atoms with Gasteiger partial charge in [-0.15, -0.1) is 0 Å². The van der Waals surface area contributed by atoms with Crippen molar-refractivity contribution in [1.82, 2.24) is 29.5 Å². The molecule has 0 unspecified atom stereocenters. The fraction of sp³-hybridized carbons (Fsp3) is 0. The van der Waals surface area contributed by atoms with Crippen LogP contribution in [0.15, 0.2) is 97.6 Å². The molecule has 0 radical (unpaired) electrons. The Morgan fingerprint density at radius 3 is 1.40 bits per heavy atom. The number of rotatable bonds is 6. The molecule has 0 atom stereocenters. The topological polar surface area (TPSA) is 124 Å². The van der Waals surface area contributed by atoms with Crippen LogP contribution < -0.4 is 0 Å². The van der Waals surface area contributed by atoms with Gasteiger partial charge in [0.1, 0.15) is 0 Å². The number of hydrogen-bond donors (Lipinski definition) is 0. The van der Waals surface area contributed by atoms with Gasteiger partial charge in [0.25, 0.3) is 0 Å². The van der Waals surface area contributed by atoms with Crippen molar-refractivity contribution < 1.29 is 29.1 Å². The van der Waals surface area contributed by atoms with Gasteiger partial charge in [-0.1, -0.05) is 36.4 Å². The van der Waals surface area contributed by atoms with E-state index < -0.39 is 11.8 Å². The summed E-state index contributed by atoms with van der Waals surface area (Å²) in [5, 5.41) is 16.7. The fourth-order valence-corrected chi connectivity index (χ4v) is 3.26. The van der Waals surface area contributed by atoms with E-state index in [-0.39, 0.29) is 42.2 Å². The molecule has 11 heteroatoms. The van der Waals surface area contributed by atoms with Crippen LogP contribution in [0.3, 0.4) is 0 Å². The molecular weight excluding hydrogens is 498 g/mol. The van der Waals surface area contributed by atoms with Crippen LogP contribution in [0.5, 0.6) is 0 Å². The van der Waals surface area contributed by atoms with Crippen LogP contribution in [0, 0.1) is 0 Å². The van der Waals surface area contributed by atoms with E-state index >= 15 is 0 Å². The minimum atomic E-state index is -0.602. The summed E-state index contributed by atoms with van der Waals surface area (Å²) in [4.78, 5) is 34.6. The number of hydrogen-bond acceptors (Lipinski definition) is 6. The van der Waals surface area contributed by atoms with Crippen LogP contribution in [-0.2, 0) is 19.5 Å². The number of nitrogens with zero attached hydrogens (tertiary/aromatic N) is 8. The van der Waals surface area contributed by atoms with Crippen molar-refractivity contribution in [3.05, 3.63) is 119 Å². The van der Waals surface area contributed by atoms with E-state index in [4.69, 9.17) is 0 Å². The Balaban J connectivity index is 0.00000289. The van der Waals surface area contributed by atoms with Crippen LogP contribution in [0.2, 0.25) is 0 Å². The smallest absolute Gasteiger partial charge is 0.399 e. The first-order valence-electron chi connectivity index (χ1n) is 10.2. The molecule has 1 aromatic carbocycles. The van der Waals surface area contributed by atoms with Crippen molar-refractivity contribution in [2.45, 2.75) is 0 Å². The third-order valence-electron chi connectivity index (χ3n) is 4.80. The molecule has 2 amide bonds. The maximum atomic E-state index is 13.1. The molecule has 5 rings (SSSR count). The molecule has 0 aliphatic carbocycles. The number of carbonyl (C=O) groups is 2. The first kappa shape index (κ1) is 23.7. The fourth-order valence-electron chi connectivity index (χ4n) is 3.26. The van der Waals surface area contributed by atoms with E-state index in [0.717, 1.165) is 0 Å². The van der Waals surface area contributed by atoms with Crippen molar-refractivity contribution in [3.63, 3.8) is 0 Å². The summed E-state index contributed by atoms with van der Waals surface area (Å²) in [6, 6.07) is 20.2. The second-order valence-corrected chi connectivity index (χ2v) is 6.96. The molecule has 0 N–H and O–H groups in total. The SMILES string of the molecule is O=C([N-]c1ccnn1-c1ccccn1)c1ccccc1C(=O)[N-]c1ccnn1-c1ccccn1.[Zn+2]. The number of pyridine rings is 2. The normalized spacial score (nSPS) is 10.3. The Hall–Kier alpha value is -4.50. The minimum absolute atomic E-state index is 0. The van der Waals surface area contributed by atoms with Crippen LogP contribution >= 0.6 is 0 Å². The maximum Gasteiger partial charge on any atom is 2.00 e. The van der Waals surface area contributed by atoms with E-state index in [2.05, 4.69) is 30.8 Å². The Morgan fingerprint density at radius 2 is 1.00 bits per heavy atom. The molecular formula is C24H16N8O2Zn. The first-order valence-corrected chi connectivity index (χ1v) is 10.2. The van der Waals surface area contributed by atoms with Crippen LogP contribution in [0.4, 0.5) is 11.6 Å². The van der Waals surface area contributed by atoms with Gasteiger partial charge in [-0.2, -0.15) is 0 Å². The molecule has 0 fully saturated rings. The number of aromatic nitrogens is 6. The molecule has 0 aliphatic rings. The van der Waals surface area contributed by atoms with Crippen molar-refractivity contribution in [2.75, 3.05) is 0 Å². The summed E-state index contributed by atoms with van der Waals surface area (Å²) in [6.45, 7) is 0. The van der Waals surface area contributed by atoms with Gasteiger partial charge in [0.15, 0.2) is 11.8 Å². The van der Waals surface area contributed by atoms with Crippen LogP contribution in [0.25, 0.3) is 22.3 Å². The van der Waals surface area contributed by atoms with E-state index in [9.17, 15) is 9.59 Å². The summed E-state index contributed by atoms with van der Waals surface area (Å²) in [7, 11) is 0. The zero-order chi connectivity index (χ0) is 23.3. The number of carbonyl (C=O) groups excluding carboxylic acids is 2. The van der Waals surface area contributed by atoms with E-state index in [1.54, 1.807) is 73.1 Å². The Morgan fingerprint density at radius 1 is 0.571 bits per heavy atom. The standard InChI is InChI=1S/C24H18N8O2.Zn/c33-23(29-21-11-15-27-31(21)19-9-3-5-13-25-19)17-7-1-2-8-18(17)24(34)30-22-12-16-28-32(22)20-10-4-6-14-26-20;/h1-16H,(H2,27,28,29,30,33,34);/q;+2/p-2. The van der Waals surface area contributed by atoms with Crippen molar-refractivity contribution in [2.24, 2.45) is 0 Å². The minimum Gasteiger partial charge on any atom is -0.399 e. The molecule has 35 heavy (non-hydrogen) atoms. The second kappa shape index (κ2) is 10.6. The molecule has 0 bridgehead atoms. The molecule has 4 heterocycles. The summed E-state index contributed by atoms with van der Waals surface area (Å²) >= 11 is 0. The summed E-state index contributed by atoms with van der Waals surface area (Å²) in [6.07, 6.45) is 6.28. The molecule has 0 spiro atoms. The van der Waals surface area contributed by atoms with Gasteiger partial charge in [0, 0.05) is 35.9 Å². The third kappa shape index (κ3) is 5.05. The van der Waals surface area contributed by atoms with E-state index in [0.29, 0.717) is 11.6 Å². The van der Waals surface area contributed by atoms with Crippen LogP contribution in [0.1, 0.15) is 20.7 Å². The van der Waals surface area contributed by atoms with Gasteiger partial charge >= 0.3 is 19.5 Å². The molecule has 0 saturated heterocycles. The van der Waals surface area contributed by atoms with Crippen molar-refractivity contribution >= 4 is 23.5 Å². The zero-order valence-electron chi connectivity index (χ0n) is 18.3. The van der Waals surface area contributed by atoms with Gasteiger partial charge in [-0.3, -0.25) is 29.8 Å². The third-order valence-corrected chi connectivity index (χ3v) is 4.80. The maximum absolute atomic E-state index is 13.1. The zero-order valence-corrected chi connectivity index (χ0v) is 21.3. The average molecular weight is 514 g/mol. The van der Waals surface area contributed by atoms with E-state index in [1.807, 2.05) is 0 Å². The van der Waals surface area contributed by atoms with E-state index in [1.165, 1.54) is 33.9 Å². The Labute approximate surface area is 212 Å². The number of benzene rings is 1. The summed E-state index contributed by atoms with van der Waals surface area (Å²) < 4.78 is 2.89. The largest absolute Gasteiger partial charge is 2.00 e. The van der Waals surface area contributed by atoms with Gasteiger partial charge in [-0.05, 0) is 48.0 Å². The average Bonchev–Trinajstić information content (AvgIpc) is 3.54. The predicted molar refractivity (Wildman–Crippen MR) is 124 cm³/mol. The predicted octanol–water partition coefficient (Wildman–Crippen LogP) is 4.54. The quantitative estimate of drug-likeness (QED) is 0.307. The van der Waals surface area contributed by atoms with Crippen molar-refractivity contribution in [1.29, 1.82) is 0 Å². The molecule has 0 aliphatic heterocycles. The molecule has 10 nitrogen and oxygen atoms in total. The molecule has 5 aromatic rings. The van der Waals surface area contributed by atoms with Crippen LogP contribution in [-0.4, -0.2) is 41.3 Å². The summed E-state index contributed by atoms with van der Waals surface area (Å²) in [5.41, 5.74) is 0.239. The Kier molecular flexibility index (Phi) is 7.18. The van der Waals surface area contributed by atoms with Gasteiger partial charge in [0.2, 0.25) is 0 Å².